The number of rotatable bonds is 8. The number of amides is 2. The van der Waals surface area contributed by atoms with Crippen LogP contribution in [0.1, 0.15) is 16.2 Å². The van der Waals surface area contributed by atoms with Crippen LogP contribution in [0, 0.1) is 0 Å². The maximum Gasteiger partial charge on any atom is 0.243 e. The van der Waals surface area contributed by atoms with Gasteiger partial charge in [0.15, 0.2) is 0 Å². The summed E-state index contributed by atoms with van der Waals surface area (Å²) in [6, 6.07) is 16.4. The topological polar surface area (TPSA) is 71.3 Å². The Morgan fingerprint density at radius 3 is 2.58 bits per heavy atom. The Balaban J connectivity index is 1.63. The summed E-state index contributed by atoms with van der Waals surface area (Å²) in [4.78, 5) is 25.9. The molecule has 3 aromatic rings. The van der Waals surface area contributed by atoms with Crippen molar-refractivity contribution in [1.82, 2.24) is 10.6 Å². The lowest BCUT2D eigenvalue weighted by molar-refractivity contribution is -0.128. The van der Waals surface area contributed by atoms with Gasteiger partial charge in [0.05, 0.1) is 19.2 Å². The molecule has 134 valence electrons. The van der Waals surface area contributed by atoms with E-state index in [-0.39, 0.29) is 24.8 Å². The molecular weight excluding hydrogens is 348 g/mol. The van der Waals surface area contributed by atoms with Crippen LogP contribution in [0.5, 0.6) is 0 Å². The number of carbonyl (C=O) groups excluding carboxylic acids is 2. The first kappa shape index (κ1) is 17.9. The Morgan fingerprint density at radius 2 is 1.88 bits per heavy atom. The van der Waals surface area contributed by atoms with Gasteiger partial charge < -0.3 is 15.1 Å². The quantitative estimate of drug-likeness (QED) is 0.642. The van der Waals surface area contributed by atoms with Crippen LogP contribution in [0.25, 0.3) is 0 Å². The van der Waals surface area contributed by atoms with Crippen LogP contribution in [0.4, 0.5) is 0 Å². The summed E-state index contributed by atoms with van der Waals surface area (Å²) in [6.07, 6.45) is 2.27. The molecule has 2 N–H and O–H groups in total. The number of benzene rings is 1. The molecule has 1 atom stereocenters. The monoisotopic (exact) mass is 368 g/mol. The van der Waals surface area contributed by atoms with Crippen LogP contribution in [0.15, 0.2) is 70.7 Å². The molecule has 5 nitrogen and oxygen atoms in total. The van der Waals surface area contributed by atoms with Crippen LogP contribution in [0.3, 0.4) is 0 Å². The molecule has 0 saturated carbocycles. The second-order valence-electron chi connectivity index (χ2n) is 5.86. The summed E-state index contributed by atoms with van der Waals surface area (Å²) in [5.74, 6) is 0.271. The molecule has 0 aliphatic carbocycles. The average molecular weight is 368 g/mol. The highest BCUT2D eigenvalue weighted by atomic mass is 32.1. The Morgan fingerprint density at radius 1 is 1.04 bits per heavy atom. The van der Waals surface area contributed by atoms with Gasteiger partial charge in [0.2, 0.25) is 11.8 Å². The van der Waals surface area contributed by atoms with Gasteiger partial charge in [-0.1, -0.05) is 36.4 Å². The van der Waals surface area contributed by atoms with Crippen LogP contribution >= 0.6 is 11.3 Å². The van der Waals surface area contributed by atoms with E-state index in [2.05, 4.69) is 10.6 Å². The standard InChI is InChI=1S/C20H20N2O3S/c23-19(13-17-9-5-11-26-17)22-18(12-15-6-2-1-3-7-15)20(24)21-14-16-8-4-10-25-16/h1-11,18H,12-14H2,(H,21,24)(H,22,23)/t18-/m0/s1. The molecule has 3 rings (SSSR count). The van der Waals surface area contributed by atoms with Crippen molar-refractivity contribution < 1.29 is 14.0 Å². The average Bonchev–Trinajstić information content (AvgIpc) is 3.34. The second kappa shape index (κ2) is 9.01. The predicted octanol–water partition coefficient (Wildman–Crippen LogP) is 2.93. The largest absolute Gasteiger partial charge is 0.467 e. The molecule has 0 unspecified atom stereocenters. The third-order valence-corrected chi connectivity index (χ3v) is 4.74. The highest BCUT2D eigenvalue weighted by molar-refractivity contribution is 7.10. The molecule has 2 heterocycles. The van der Waals surface area contributed by atoms with Gasteiger partial charge in [0.1, 0.15) is 11.8 Å². The van der Waals surface area contributed by atoms with Gasteiger partial charge in [-0.25, -0.2) is 0 Å². The van der Waals surface area contributed by atoms with Crippen molar-refractivity contribution in [1.29, 1.82) is 0 Å². The first-order chi connectivity index (χ1) is 12.7. The first-order valence-electron chi connectivity index (χ1n) is 8.36. The van der Waals surface area contributed by atoms with Gasteiger partial charge >= 0.3 is 0 Å². The predicted molar refractivity (Wildman–Crippen MR) is 101 cm³/mol. The van der Waals surface area contributed by atoms with Gasteiger partial charge in [-0.05, 0) is 29.1 Å². The summed E-state index contributed by atoms with van der Waals surface area (Å²) >= 11 is 1.53. The summed E-state index contributed by atoms with van der Waals surface area (Å²) in [5.41, 5.74) is 0.988. The molecule has 6 heteroatoms. The maximum absolute atomic E-state index is 12.6. The zero-order valence-corrected chi connectivity index (χ0v) is 15.0. The van der Waals surface area contributed by atoms with Gasteiger partial charge in [-0.3, -0.25) is 9.59 Å². The third-order valence-electron chi connectivity index (χ3n) is 3.87. The van der Waals surface area contributed by atoms with E-state index < -0.39 is 6.04 Å². The molecule has 26 heavy (non-hydrogen) atoms. The van der Waals surface area contributed by atoms with E-state index >= 15 is 0 Å². The van der Waals surface area contributed by atoms with Crippen molar-refractivity contribution in [2.45, 2.75) is 25.4 Å². The van der Waals surface area contributed by atoms with Crippen LogP contribution in [0.2, 0.25) is 0 Å². The SMILES string of the molecule is O=C(Cc1cccs1)N[C@@H](Cc1ccccc1)C(=O)NCc1ccco1. The number of furan rings is 1. The highest BCUT2D eigenvalue weighted by Crippen LogP contribution is 2.10. The minimum Gasteiger partial charge on any atom is -0.467 e. The van der Waals surface area contributed by atoms with Gasteiger partial charge in [0.25, 0.3) is 0 Å². The van der Waals surface area contributed by atoms with Gasteiger partial charge in [0, 0.05) is 11.3 Å². The molecule has 0 aliphatic heterocycles. The van der Waals surface area contributed by atoms with Gasteiger partial charge in [-0.2, -0.15) is 0 Å². The minimum absolute atomic E-state index is 0.165. The summed E-state index contributed by atoms with van der Waals surface area (Å²) in [5, 5.41) is 7.61. The summed E-state index contributed by atoms with van der Waals surface area (Å²) in [7, 11) is 0. The highest BCUT2D eigenvalue weighted by Gasteiger charge is 2.21. The van der Waals surface area contributed by atoms with Crippen LogP contribution in [-0.4, -0.2) is 17.9 Å². The second-order valence-corrected chi connectivity index (χ2v) is 6.90. The zero-order chi connectivity index (χ0) is 18.2. The number of thiophene rings is 1. The van der Waals surface area contributed by atoms with E-state index in [9.17, 15) is 9.59 Å². The van der Waals surface area contributed by atoms with Gasteiger partial charge in [-0.15, -0.1) is 11.3 Å². The van der Waals surface area contributed by atoms with E-state index in [0.29, 0.717) is 12.2 Å². The van der Waals surface area contributed by atoms with Crippen molar-refractivity contribution in [3.8, 4) is 0 Å². The van der Waals surface area contributed by atoms with Crippen molar-refractivity contribution in [3.05, 3.63) is 82.4 Å². The smallest absolute Gasteiger partial charge is 0.243 e. The number of hydrogen-bond acceptors (Lipinski definition) is 4. The fourth-order valence-corrected chi connectivity index (χ4v) is 3.29. The van der Waals surface area contributed by atoms with Crippen molar-refractivity contribution in [3.63, 3.8) is 0 Å². The van der Waals surface area contributed by atoms with Crippen LogP contribution in [-0.2, 0) is 29.0 Å². The lowest BCUT2D eigenvalue weighted by Gasteiger charge is -2.18. The molecule has 0 spiro atoms. The maximum atomic E-state index is 12.6. The fourth-order valence-electron chi connectivity index (χ4n) is 2.59. The normalized spacial score (nSPS) is 11.7. The molecule has 1 aromatic carbocycles. The van der Waals surface area contributed by atoms with E-state index in [1.54, 1.807) is 18.4 Å². The van der Waals surface area contributed by atoms with Crippen molar-refractivity contribution in [2.75, 3.05) is 0 Å². The lowest BCUT2D eigenvalue weighted by atomic mass is 10.0. The molecule has 0 aliphatic rings. The van der Waals surface area contributed by atoms with Crippen molar-refractivity contribution in [2.24, 2.45) is 0 Å². The zero-order valence-electron chi connectivity index (χ0n) is 14.2. The number of nitrogens with one attached hydrogen (secondary N) is 2. The fraction of sp³-hybridized carbons (Fsp3) is 0.200. The van der Waals surface area contributed by atoms with E-state index in [1.165, 1.54) is 11.3 Å². The molecule has 2 amide bonds. The summed E-state index contributed by atoms with van der Waals surface area (Å²) in [6.45, 7) is 0.290. The minimum atomic E-state index is -0.639. The molecule has 0 saturated heterocycles. The van der Waals surface area contributed by atoms with Crippen LogP contribution < -0.4 is 10.6 Å². The van der Waals surface area contributed by atoms with E-state index in [4.69, 9.17) is 4.42 Å². The number of hydrogen-bond donors (Lipinski definition) is 2. The Hall–Kier alpha value is -2.86. The Labute approximate surface area is 156 Å². The molecule has 0 bridgehead atoms. The first-order valence-corrected chi connectivity index (χ1v) is 9.24. The summed E-state index contributed by atoms with van der Waals surface area (Å²) < 4.78 is 5.23. The Kier molecular flexibility index (Phi) is 6.22. The molecule has 0 radical (unpaired) electrons. The molecule has 0 fully saturated rings. The third kappa shape index (κ3) is 5.32. The number of carbonyl (C=O) groups is 2. The Bertz CT molecular complexity index is 814. The van der Waals surface area contributed by atoms with Crippen molar-refractivity contribution >= 4 is 23.2 Å². The van der Waals surface area contributed by atoms with E-state index in [0.717, 1.165) is 10.4 Å². The lowest BCUT2D eigenvalue weighted by Crippen LogP contribution is -2.48. The molecule has 2 aromatic heterocycles. The van der Waals surface area contributed by atoms with E-state index in [1.807, 2.05) is 47.8 Å². The molecular formula is C20H20N2O3S.